The maximum absolute atomic E-state index is 14.9. The molecule has 0 radical (unpaired) electrons. The average Bonchev–Trinajstić information content (AvgIpc) is 3.69. The molecular formula is C35H38F3N7O4. The Morgan fingerprint density at radius 2 is 1.78 bits per heavy atom. The SMILES string of the molecule is Cc1ccn(-c2cc(-c3cccc(C(=O)N(C)C)c3)ccc2[C@@H](Oc2cc(N3CCC4(CC3)CNC(C(=O)O)C4)nc(C)n2)C(F)(F)F)n1. The van der Waals surface area contributed by atoms with Crippen molar-refractivity contribution in [3.05, 3.63) is 83.4 Å². The lowest BCUT2D eigenvalue weighted by atomic mass is 9.76. The summed E-state index contributed by atoms with van der Waals surface area (Å²) in [5.41, 5.74) is 2.16. The number of amides is 1. The number of carboxylic acids is 1. The van der Waals surface area contributed by atoms with E-state index in [1.165, 1.54) is 21.7 Å². The highest BCUT2D eigenvalue weighted by molar-refractivity contribution is 5.95. The van der Waals surface area contributed by atoms with Crippen molar-refractivity contribution in [3.63, 3.8) is 0 Å². The summed E-state index contributed by atoms with van der Waals surface area (Å²) >= 11 is 0. The number of carbonyl (C=O) groups excluding carboxylic acids is 1. The zero-order valence-corrected chi connectivity index (χ0v) is 27.7. The molecule has 2 fully saturated rings. The molecule has 2 atom stereocenters. The van der Waals surface area contributed by atoms with Gasteiger partial charge in [-0.25, -0.2) is 9.67 Å². The first-order valence-electron chi connectivity index (χ1n) is 16.0. The number of nitrogens with zero attached hydrogens (tertiary/aromatic N) is 6. The van der Waals surface area contributed by atoms with Gasteiger partial charge in [0.25, 0.3) is 5.91 Å². The third-order valence-corrected chi connectivity index (χ3v) is 9.27. The molecule has 11 nitrogen and oxygen atoms in total. The van der Waals surface area contributed by atoms with E-state index >= 15 is 0 Å². The predicted molar refractivity (Wildman–Crippen MR) is 176 cm³/mol. The van der Waals surface area contributed by atoms with Crippen molar-refractivity contribution in [1.29, 1.82) is 0 Å². The van der Waals surface area contributed by atoms with E-state index in [0.29, 0.717) is 54.3 Å². The minimum absolute atomic E-state index is 0.140. The fourth-order valence-electron chi connectivity index (χ4n) is 6.64. The Morgan fingerprint density at radius 1 is 1.04 bits per heavy atom. The fourth-order valence-corrected chi connectivity index (χ4v) is 6.64. The van der Waals surface area contributed by atoms with Gasteiger partial charge in [-0.2, -0.15) is 23.3 Å². The van der Waals surface area contributed by atoms with Crippen LogP contribution in [0, 0.1) is 19.3 Å². The van der Waals surface area contributed by atoms with Gasteiger partial charge in [0.15, 0.2) is 0 Å². The van der Waals surface area contributed by atoms with E-state index < -0.39 is 24.3 Å². The quantitative estimate of drug-likeness (QED) is 0.254. The molecule has 2 aromatic heterocycles. The highest BCUT2D eigenvalue weighted by atomic mass is 19.4. The number of aliphatic carboxylic acids is 1. The first kappa shape index (κ1) is 33.9. The summed E-state index contributed by atoms with van der Waals surface area (Å²) in [6.45, 7) is 5.09. The molecular weight excluding hydrogens is 639 g/mol. The van der Waals surface area contributed by atoms with E-state index in [4.69, 9.17) is 4.74 Å². The summed E-state index contributed by atoms with van der Waals surface area (Å²) in [4.78, 5) is 36.3. The molecule has 1 unspecified atom stereocenters. The van der Waals surface area contributed by atoms with Crippen LogP contribution in [0.5, 0.6) is 5.88 Å². The van der Waals surface area contributed by atoms with Crippen molar-refractivity contribution in [1.82, 2.24) is 30.0 Å². The van der Waals surface area contributed by atoms with Gasteiger partial charge in [0, 0.05) is 57.1 Å². The topological polar surface area (TPSA) is 126 Å². The highest BCUT2D eigenvalue weighted by Gasteiger charge is 2.46. The van der Waals surface area contributed by atoms with E-state index in [2.05, 4.69) is 20.4 Å². The van der Waals surface area contributed by atoms with Crippen LogP contribution in [0.2, 0.25) is 0 Å². The lowest BCUT2D eigenvalue weighted by Crippen LogP contribution is -2.41. The monoisotopic (exact) mass is 677 g/mol. The van der Waals surface area contributed by atoms with Gasteiger partial charge in [-0.1, -0.05) is 24.3 Å². The predicted octanol–water partition coefficient (Wildman–Crippen LogP) is 5.36. The van der Waals surface area contributed by atoms with Gasteiger partial charge in [0.2, 0.25) is 12.0 Å². The number of carboxylic acid groups (broad SMARTS) is 1. The lowest BCUT2D eigenvalue weighted by Gasteiger charge is -2.39. The van der Waals surface area contributed by atoms with Crippen molar-refractivity contribution in [2.45, 2.75) is 51.4 Å². The first-order chi connectivity index (χ1) is 23.2. The Hall–Kier alpha value is -4.98. The van der Waals surface area contributed by atoms with E-state index in [-0.39, 0.29) is 34.3 Å². The van der Waals surface area contributed by atoms with Gasteiger partial charge in [0.05, 0.1) is 11.4 Å². The minimum atomic E-state index is -4.83. The summed E-state index contributed by atoms with van der Waals surface area (Å²) in [5, 5.41) is 16.9. The largest absolute Gasteiger partial charge is 0.480 e. The van der Waals surface area contributed by atoms with Crippen molar-refractivity contribution >= 4 is 17.7 Å². The number of alkyl halides is 3. The van der Waals surface area contributed by atoms with Crippen LogP contribution in [0.3, 0.4) is 0 Å². The Balaban J connectivity index is 1.32. The Bertz CT molecular complexity index is 1870. The summed E-state index contributed by atoms with van der Waals surface area (Å²) in [6.07, 6.45) is -3.66. The third-order valence-electron chi connectivity index (χ3n) is 9.27. The third kappa shape index (κ3) is 7.24. The zero-order chi connectivity index (χ0) is 35.1. The molecule has 0 bridgehead atoms. The molecule has 0 saturated carbocycles. The molecule has 258 valence electrons. The molecule has 6 rings (SSSR count). The highest BCUT2D eigenvalue weighted by Crippen LogP contribution is 2.42. The second kappa shape index (κ2) is 13.1. The summed E-state index contributed by atoms with van der Waals surface area (Å²) in [5.74, 6) is -0.576. The maximum atomic E-state index is 14.9. The fraction of sp³-hybridized carbons (Fsp3) is 0.400. The number of hydrogen-bond donors (Lipinski definition) is 2. The normalized spacial score (nSPS) is 18.0. The second-order valence-electron chi connectivity index (χ2n) is 13.1. The van der Waals surface area contributed by atoms with Gasteiger partial charge in [0.1, 0.15) is 17.7 Å². The van der Waals surface area contributed by atoms with Crippen LogP contribution in [-0.4, -0.2) is 87.6 Å². The summed E-state index contributed by atoms with van der Waals surface area (Å²) in [7, 11) is 3.30. The number of benzene rings is 2. The average molecular weight is 678 g/mol. The van der Waals surface area contributed by atoms with Crippen LogP contribution in [0.1, 0.15) is 52.8 Å². The van der Waals surface area contributed by atoms with Gasteiger partial charge in [-0.3, -0.25) is 9.59 Å². The molecule has 2 aromatic carbocycles. The number of piperidine rings is 1. The van der Waals surface area contributed by atoms with Crippen LogP contribution >= 0.6 is 0 Å². The summed E-state index contributed by atoms with van der Waals surface area (Å²) in [6, 6.07) is 14.0. The molecule has 0 aliphatic carbocycles. The number of halogens is 3. The van der Waals surface area contributed by atoms with E-state index in [0.717, 1.165) is 12.8 Å². The van der Waals surface area contributed by atoms with Crippen molar-refractivity contribution in [3.8, 4) is 22.7 Å². The Labute approximate surface area is 281 Å². The van der Waals surface area contributed by atoms with Crippen LogP contribution in [-0.2, 0) is 4.79 Å². The number of carbonyl (C=O) groups is 2. The number of ether oxygens (including phenoxy) is 1. The Morgan fingerprint density at radius 3 is 2.41 bits per heavy atom. The second-order valence-corrected chi connectivity index (χ2v) is 13.1. The van der Waals surface area contributed by atoms with Gasteiger partial charge in [-0.15, -0.1) is 0 Å². The number of hydrogen-bond acceptors (Lipinski definition) is 8. The zero-order valence-electron chi connectivity index (χ0n) is 27.7. The molecule has 2 aliphatic rings. The molecule has 4 aromatic rings. The molecule has 49 heavy (non-hydrogen) atoms. The number of aryl methyl sites for hydroxylation is 2. The van der Waals surface area contributed by atoms with Gasteiger partial charge in [-0.05, 0) is 73.9 Å². The molecule has 2 aliphatic heterocycles. The molecule has 4 heterocycles. The van der Waals surface area contributed by atoms with Crippen LogP contribution in [0.4, 0.5) is 19.0 Å². The number of anilines is 1. The number of aromatic nitrogens is 4. The first-order valence-corrected chi connectivity index (χ1v) is 16.0. The molecule has 2 saturated heterocycles. The molecule has 14 heteroatoms. The van der Waals surface area contributed by atoms with Crippen molar-refractivity contribution in [2.75, 3.05) is 38.6 Å². The van der Waals surface area contributed by atoms with Crippen molar-refractivity contribution in [2.24, 2.45) is 5.41 Å². The molecule has 2 N–H and O–H groups in total. The molecule has 1 amide bonds. The number of rotatable bonds is 8. The smallest absolute Gasteiger partial charge is 0.429 e. The van der Waals surface area contributed by atoms with Crippen LogP contribution < -0.4 is 15.0 Å². The van der Waals surface area contributed by atoms with Gasteiger partial charge >= 0.3 is 12.1 Å². The standard InChI is InChI=1S/C35H38F3N7O4/c1-21-10-13-45(42-21)28-17-24(23-6-5-7-25(16-23)32(46)43(3)4)8-9-26(28)31(35(36,37)38)49-30-18-29(40-22(2)41-30)44-14-11-34(12-15-44)19-27(33(47)48)39-20-34/h5-10,13,16-18,27,31,39H,11-12,14-15,19-20H2,1-4H3,(H,47,48)/t27?,31-/m1/s1. The maximum Gasteiger partial charge on any atom is 0.429 e. The lowest BCUT2D eigenvalue weighted by molar-refractivity contribution is -0.198. The van der Waals surface area contributed by atoms with Gasteiger partial charge < -0.3 is 25.0 Å². The number of nitrogens with one attached hydrogen (secondary N) is 1. The van der Waals surface area contributed by atoms with E-state index in [9.17, 15) is 27.9 Å². The van der Waals surface area contributed by atoms with Crippen LogP contribution in [0.15, 0.2) is 60.8 Å². The summed E-state index contributed by atoms with van der Waals surface area (Å²) < 4.78 is 52.0. The van der Waals surface area contributed by atoms with Crippen molar-refractivity contribution < 1.29 is 32.6 Å². The van der Waals surface area contributed by atoms with E-state index in [1.54, 1.807) is 76.6 Å². The van der Waals surface area contributed by atoms with E-state index in [1.807, 2.05) is 4.90 Å². The Kier molecular flexibility index (Phi) is 9.09. The molecule has 1 spiro atoms. The van der Waals surface area contributed by atoms with Crippen LogP contribution in [0.25, 0.3) is 16.8 Å². The minimum Gasteiger partial charge on any atom is -0.480 e.